The molecule has 4 rings (SSSR count). The molecule has 1 aromatic carbocycles. The highest BCUT2D eigenvalue weighted by Crippen LogP contribution is 2.32. The van der Waals surface area contributed by atoms with Crippen molar-refractivity contribution in [2.24, 2.45) is 0 Å². The van der Waals surface area contributed by atoms with Crippen LogP contribution in [0.5, 0.6) is 5.75 Å². The summed E-state index contributed by atoms with van der Waals surface area (Å²) in [6.45, 7) is 2.29. The van der Waals surface area contributed by atoms with Gasteiger partial charge in [-0.25, -0.2) is 8.78 Å². The normalized spacial score (nSPS) is 17.1. The van der Waals surface area contributed by atoms with E-state index in [9.17, 15) is 8.78 Å². The summed E-state index contributed by atoms with van der Waals surface area (Å²) in [6.07, 6.45) is 6.49. The van der Waals surface area contributed by atoms with E-state index in [1.165, 1.54) is 11.6 Å². The van der Waals surface area contributed by atoms with Crippen LogP contribution in [0, 0.1) is 11.6 Å². The molecule has 28 heavy (non-hydrogen) atoms. The SMILES string of the molecule is Fc1ccc(OCCc2cc(C3CCCN3Cc3ccncc3)n[nH]2)cc1F. The van der Waals surface area contributed by atoms with E-state index >= 15 is 0 Å². The highest BCUT2D eigenvalue weighted by atomic mass is 19.2. The zero-order valence-electron chi connectivity index (χ0n) is 15.4. The lowest BCUT2D eigenvalue weighted by atomic mass is 10.1. The van der Waals surface area contributed by atoms with Crippen molar-refractivity contribution in [1.82, 2.24) is 20.1 Å². The molecule has 0 saturated carbocycles. The smallest absolute Gasteiger partial charge is 0.162 e. The van der Waals surface area contributed by atoms with Crippen molar-refractivity contribution in [3.8, 4) is 5.75 Å². The van der Waals surface area contributed by atoms with Crippen LogP contribution in [0.4, 0.5) is 8.78 Å². The van der Waals surface area contributed by atoms with E-state index in [1.54, 1.807) is 0 Å². The molecule has 146 valence electrons. The molecule has 1 atom stereocenters. The van der Waals surface area contributed by atoms with E-state index in [0.29, 0.717) is 24.8 Å². The maximum absolute atomic E-state index is 13.2. The molecule has 0 spiro atoms. The number of aromatic nitrogens is 3. The Hall–Kier alpha value is -2.80. The molecule has 0 bridgehead atoms. The maximum Gasteiger partial charge on any atom is 0.162 e. The number of nitrogens with one attached hydrogen (secondary N) is 1. The van der Waals surface area contributed by atoms with Gasteiger partial charge in [0.05, 0.1) is 18.3 Å². The summed E-state index contributed by atoms with van der Waals surface area (Å²) in [4.78, 5) is 6.51. The Kier molecular flexibility index (Phi) is 5.62. The van der Waals surface area contributed by atoms with Crippen LogP contribution in [0.15, 0.2) is 48.8 Å². The van der Waals surface area contributed by atoms with Gasteiger partial charge in [-0.05, 0) is 55.3 Å². The molecule has 1 saturated heterocycles. The van der Waals surface area contributed by atoms with E-state index in [1.807, 2.05) is 24.5 Å². The molecule has 1 fully saturated rings. The van der Waals surface area contributed by atoms with Crippen LogP contribution in [-0.2, 0) is 13.0 Å². The molecule has 0 radical (unpaired) electrons. The van der Waals surface area contributed by atoms with Crippen molar-refractivity contribution >= 4 is 0 Å². The molecule has 2 aromatic heterocycles. The number of hydrogen-bond acceptors (Lipinski definition) is 4. The molecule has 1 aliphatic heterocycles. The summed E-state index contributed by atoms with van der Waals surface area (Å²) in [6, 6.07) is 10.0. The number of benzene rings is 1. The first-order valence-electron chi connectivity index (χ1n) is 9.44. The quantitative estimate of drug-likeness (QED) is 0.668. The topological polar surface area (TPSA) is 54.0 Å². The molecule has 3 aromatic rings. The van der Waals surface area contributed by atoms with Gasteiger partial charge in [0.2, 0.25) is 0 Å². The fraction of sp³-hybridized carbons (Fsp3) is 0.333. The van der Waals surface area contributed by atoms with Crippen LogP contribution in [0.1, 0.15) is 35.8 Å². The average molecular weight is 384 g/mol. The molecule has 0 amide bonds. The Labute approximate surface area is 162 Å². The van der Waals surface area contributed by atoms with Gasteiger partial charge in [-0.1, -0.05) is 0 Å². The number of rotatable bonds is 7. The number of likely N-dealkylation sites (tertiary alicyclic amines) is 1. The highest BCUT2D eigenvalue weighted by molar-refractivity contribution is 5.24. The fourth-order valence-electron chi connectivity index (χ4n) is 3.60. The second-order valence-electron chi connectivity index (χ2n) is 6.98. The van der Waals surface area contributed by atoms with E-state index in [2.05, 4.69) is 26.1 Å². The van der Waals surface area contributed by atoms with Gasteiger partial charge in [-0.3, -0.25) is 15.0 Å². The van der Waals surface area contributed by atoms with Gasteiger partial charge < -0.3 is 4.74 Å². The lowest BCUT2D eigenvalue weighted by molar-refractivity contribution is 0.244. The van der Waals surface area contributed by atoms with Crippen LogP contribution in [0.25, 0.3) is 0 Å². The monoisotopic (exact) mass is 384 g/mol. The van der Waals surface area contributed by atoms with Crippen molar-refractivity contribution in [2.75, 3.05) is 13.2 Å². The first-order valence-corrected chi connectivity index (χ1v) is 9.44. The van der Waals surface area contributed by atoms with Gasteiger partial charge in [-0.2, -0.15) is 5.10 Å². The third-order valence-corrected chi connectivity index (χ3v) is 5.02. The Morgan fingerprint density at radius 2 is 1.96 bits per heavy atom. The van der Waals surface area contributed by atoms with Crippen molar-refractivity contribution in [3.63, 3.8) is 0 Å². The molecular weight excluding hydrogens is 362 g/mol. The van der Waals surface area contributed by atoms with Crippen LogP contribution in [0.3, 0.4) is 0 Å². The Balaban J connectivity index is 1.33. The van der Waals surface area contributed by atoms with Crippen LogP contribution < -0.4 is 4.74 Å². The third kappa shape index (κ3) is 4.36. The summed E-state index contributed by atoms with van der Waals surface area (Å²) in [5, 5.41) is 7.57. The number of hydrogen-bond donors (Lipinski definition) is 1. The van der Waals surface area contributed by atoms with Gasteiger partial charge in [0.1, 0.15) is 5.75 Å². The number of nitrogens with zero attached hydrogens (tertiary/aromatic N) is 3. The van der Waals surface area contributed by atoms with E-state index in [-0.39, 0.29) is 0 Å². The molecule has 3 heterocycles. The fourth-order valence-corrected chi connectivity index (χ4v) is 3.60. The molecule has 1 unspecified atom stereocenters. The predicted octanol–water partition coefficient (Wildman–Crippen LogP) is 4.04. The number of H-pyrrole nitrogens is 1. The lowest BCUT2D eigenvalue weighted by Gasteiger charge is -2.22. The lowest BCUT2D eigenvalue weighted by Crippen LogP contribution is -2.23. The summed E-state index contributed by atoms with van der Waals surface area (Å²) in [7, 11) is 0. The van der Waals surface area contributed by atoms with Crippen molar-refractivity contribution in [3.05, 3.63) is 77.4 Å². The largest absolute Gasteiger partial charge is 0.493 e. The van der Waals surface area contributed by atoms with Crippen molar-refractivity contribution < 1.29 is 13.5 Å². The Bertz CT molecular complexity index is 916. The summed E-state index contributed by atoms with van der Waals surface area (Å²) in [5.74, 6) is -1.46. The second kappa shape index (κ2) is 8.48. The molecule has 5 nitrogen and oxygen atoms in total. The zero-order chi connectivity index (χ0) is 19.3. The van der Waals surface area contributed by atoms with Crippen molar-refractivity contribution in [1.29, 1.82) is 0 Å². The Morgan fingerprint density at radius 1 is 1.11 bits per heavy atom. The number of halogens is 2. The average Bonchev–Trinajstić information content (AvgIpc) is 3.35. The third-order valence-electron chi connectivity index (χ3n) is 5.02. The van der Waals surface area contributed by atoms with Gasteiger partial charge >= 0.3 is 0 Å². The first kappa shape index (κ1) is 18.6. The van der Waals surface area contributed by atoms with E-state index in [4.69, 9.17) is 4.74 Å². The number of pyridine rings is 1. The first-order chi connectivity index (χ1) is 13.7. The number of aromatic amines is 1. The summed E-state index contributed by atoms with van der Waals surface area (Å²) in [5.41, 5.74) is 3.25. The standard InChI is InChI=1S/C21H22F2N4O/c22-18-4-3-17(13-19(18)23)28-11-7-16-12-20(26-25-16)21-2-1-10-27(21)14-15-5-8-24-9-6-15/h3-6,8-9,12-13,21H,1-2,7,10-11,14H2,(H,25,26). The minimum absolute atomic E-state index is 0.297. The predicted molar refractivity (Wildman–Crippen MR) is 101 cm³/mol. The maximum atomic E-state index is 13.2. The van der Waals surface area contributed by atoms with Gasteiger partial charge in [0.15, 0.2) is 11.6 Å². The zero-order valence-corrected chi connectivity index (χ0v) is 15.4. The molecule has 1 N–H and O–H groups in total. The van der Waals surface area contributed by atoms with Crippen LogP contribution >= 0.6 is 0 Å². The van der Waals surface area contributed by atoms with Gasteiger partial charge in [0, 0.05) is 37.1 Å². The summed E-state index contributed by atoms with van der Waals surface area (Å²) < 4.78 is 31.7. The molecule has 7 heteroatoms. The summed E-state index contributed by atoms with van der Waals surface area (Å²) >= 11 is 0. The molecule has 0 aliphatic carbocycles. The minimum Gasteiger partial charge on any atom is -0.493 e. The van der Waals surface area contributed by atoms with Crippen LogP contribution in [-0.4, -0.2) is 33.2 Å². The van der Waals surface area contributed by atoms with E-state index < -0.39 is 11.6 Å². The molecule has 1 aliphatic rings. The van der Waals surface area contributed by atoms with Gasteiger partial charge in [-0.15, -0.1) is 0 Å². The molecular formula is C21H22F2N4O. The minimum atomic E-state index is -0.906. The second-order valence-corrected chi connectivity index (χ2v) is 6.98. The van der Waals surface area contributed by atoms with Gasteiger partial charge in [0.25, 0.3) is 0 Å². The van der Waals surface area contributed by atoms with Crippen LogP contribution in [0.2, 0.25) is 0 Å². The highest BCUT2D eigenvalue weighted by Gasteiger charge is 2.27. The Morgan fingerprint density at radius 3 is 2.79 bits per heavy atom. The van der Waals surface area contributed by atoms with E-state index in [0.717, 1.165) is 49.5 Å². The number of ether oxygens (including phenoxy) is 1. The van der Waals surface area contributed by atoms with Crippen molar-refractivity contribution in [2.45, 2.75) is 31.8 Å².